The van der Waals surface area contributed by atoms with Crippen molar-refractivity contribution in [2.24, 2.45) is 11.1 Å². The summed E-state index contributed by atoms with van der Waals surface area (Å²) in [5.41, 5.74) is 0.400. The fourth-order valence-electron chi connectivity index (χ4n) is 4.09. The average molecular weight is 455 g/mol. The maximum absolute atomic E-state index is 14.5. The van der Waals surface area contributed by atoms with Gasteiger partial charge in [-0.1, -0.05) is 23.7 Å². The van der Waals surface area contributed by atoms with Gasteiger partial charge >= 0.3 is 0 Å². The molecule has 9 heteroatoms. The molecule has 0 bridgehead atoms. The van der Waals surface area contributed by atoms with E-state index in [2.05, 4.69) is 4.90 Å². The summed E-state index contributed by atoms with van der Waals surface area (Å²) >= 11 is 6.03. The van der Waals surface area contributed by atoms with Gasteiger partial charge in [-0.3, -0.25) is 4.90 Å². The van der Waals surface area contributed by atoms with E-state index in [0.717, 1.165) is 32.5 Å². The van der Waals surface area contributed by atoms with Crippen molar-refractivity contribution in [3.63, 3.8) is 0 Å². The topological polar surface area (TPSA) is 81.9 Å². The molecular weight excluding hydrogens is 431 g/mol. The summed E-state index contributed by atoms with van der Waals surface area (Å²) in [7, 11) is -4.06. The van der Waals surface area contributed by atoms with Gasteiger partial charge in [-0.15, -0.1) is 0 Å². The van der Waals surface area contributed by atoms with Crippen molar-refractivity contribution in [1.29, 1.82) is 0 Å². The zero-order chi connectivity index (χ0) is 21.3. The van der Waals surface area contributed by atoms with Crippen molar-refractivity contribution >= 4 is 21.6 Å². The van der Waals surface area contributed by atoms with Crippen LogP contribution in [0.3, 0.4) is 0 Å². The van der Waals surface area contributed by atoms with E-state index in [-0.39, 0.29) is 12.0 Å². The van der Waals surface area contributed by atoms with Gasteiger partial charge in [0.2, 0.25) is 10.0 Å². The standard InChI is InChI=1S/C21H24ClFN2O4S/c22-16-4-5-18-19(11-16)29-17(13-28-18)12-25-8-6-14(7-9-25)10-15-2-1-3-20(21(15)23)30(24,26)27/h1-5,11,14,17H,6-10,12-13H2,(H2,24,26,27). The molecule has 1 unspecified atom stereocenters. The van der Waals surface area contributed by atoms with Crippen molar-refractivity contribution in [2.45, 2.75) is 30.3 Å². The van der Waals surface area contributed by atoms with Crippen LogP contribution >= 0.6 is 11.6 Å². The summed E-state index contributed by atoms with van der Waals surface area (Å²) < 4.78 is 49.4. The zero-order valence-electron chi connectivity index (χ0n) is 16.4. The predicted octanol–water partition coefficient (Wildman–Crippen LogP) is 3.22. The highest BCUT2D eigenvalue weighted by molar-refractivity contribution is 7.89. The summed E-state index contributed by atoms with van der Waals surface area (Å²) in [6.07, 6.45) is 2.22. The first-order valence-electron chi connectivity index (χ1n) is 9.91. The van der Waals surface area contributed by atoms with Crippen LogP contribution in [0.2, 0.25) is 5.02 Å². The Labute approximate surface area is 180 Å². The van der Waals surface area contributed by atoms with Crippen LogP contribution in [0.4, 0.5) is 4.39 Å². The van der Waals surface area contributed by atoms with Gasteiger partial charge in [0.25, 0.3) is 0 Å². The first kappa shape index (κ1) is 21.4. The smallest absolute Gasteiger partial charge is 0.240 e. The zero-order valence-corrected chi connectivity index (χ0v) is 18.0. The van der Waals surface area contributed by atoms with Crippen LogP contribution in [0.15, 0.2) is 41.3 Å². The monoisotopic (exact) mass is 454 g/mol. The summed E-state index contributed by atoms with van der Waals surface area (Å²) in [6, 6.07) is 9.72. The van der Waals surface area contributed by atoms with Gasteiger partial charge in [-0.05, 0) is 62.0 Å². The number of rotatable bonds is 5. The van der Waals surface area contributed by atoms with Gasteiger partial charge in [-0.25, -0.2) is 17.9 Å². The second-order valence-electron chi connectivity index (χ2n) is 7.86. The molecule has 1 saturated heterocycles. The van der Waals surface area contributed by atoms with Crippen LogP contribution in [-0.2, 0) is 16.4 Å². The van der Waals surface area contributed by atoms with Gasteiger partial charge in [-0.2, -0.15) is 0 Å². The second kappa shape index (κ2) is 8.70. The Morgan fingerprint density at radius 3 is 2.67 bits per heavy atom. The molecule has 2 heterocycles. The molecule has 0 aliphatic carbocycles. The van der Waals surface area contributed by atoms with Crippen LogP contribution in [0.25, 0.3) is 0 Å². The Morgan fingerprint density at radius 2 is 1.93 bits per heavy atom. The van der Waals surface area contributed by atoms with E-state index in [1.807, 2.05) is 6.07 Å². The quantitative estimate of drug-likeness (QED) is 0.750. The predicted molar refractivity (Wildman–Crippen MR) is 112 cm³/mol. The number of fused-ring (bicyclic) bond motifs is 1. The number of hydrogen-bond acceptors (Lipinski definition) is 5. The van der Waals surface area contributed by atoms with E-state index in [1.165, 1.54) is 12.1 Å². The Kier molecular flexibility index (Phi) is 6.20. The third-order valence-electron chi connectivity index (χ3n) is 5.65. The van der Waals surface area contributed by atoms with Crippen molar-refractivity contribution in [1.82, 2.24) is 4.90 Å². The van der Waals surface area contributed by atoms with Crippen LogP contribution in [0.5, 0.6) is 11.5 Å². The number of piperidine rings is 1. The summed E-state index contributed by atoms with van der Waals surface area (Å²) in [5, 5.41) is 5.71. The van der Waals surface area contributed by atoms with E-state index in [4.69, 9.17) is 26.2 Å². The lowest BCUT2D eigenvalue weighted by atomic mass is 9.90. The minimum atomic E-state index is -4.06. The molecule has 6 nitrogen and oxygen atoms in total. The molecule has 162 valence electrons. The number of nitrogens with zero attached hydrogens (tertiary/aromatic N) is 1. The molecule has 2 aromatic rings. The largest absolute Gasteiger partial charge is 0.486 e. The van der Waals surface area contributed by atoms with Crippen LogP contribution < -0.4 is 14.6 Å². The number of nitrogens with two attached hydrogens (primary N) is 1. The highest BCUT2D eigenvalue weighted by Crippen LogP contribution is 2.34. The molecule has 0 saturated carbocycles. The molecule has 2 aliphatic heterocycles. The first-order chi connectivity index (χ1) is 14.3. The molecule has 0 aromatic heterocycles. The number of hydrogen-bond donors (Lipinski definition) is 1. The minimum absolute atomic E-state index is 0.0728. The number of likely N-dealkylation sites (tertiary alicyclic amines) is 1. The Morgan fingerprint density at radius 1 is 1.17 bits per heavy atom. The summed E-state index contributed by atoms with van der Waals surface area (Å²) in [6.45, 7) is 2.96. The van der Waals surface area contributed by atoms with Crippen molar-refractivity contribution < 1.29 is 22.3 Å². The lowest BCUT2D eigenvalue weighted by molar-refractivity contribution is 0.0477. The first-order valence-corrected chi connectivity index (χ1v) is 11.8. The van der Waals surface area contributed by atoms with Crippen molar-refractivity contribution in [3.05, 3.63) is 52.8 Å². The SMILES string of the molecule is NS(=O)(=O)c1cccc(CC2CCN(CC3COc4ccc(Cl)cc4O3)CC2)c1F. The molecule has 0 amide bonds. The number of primary sulfonamides is 1. The van der Waals surface area contributed by atoms with Crippen LogP contribution in [0.1, 0.15) is 18.4 Å². The number of ether oxygens (including phenoxy) is 2. The van der Waals surface area contributed by atoms with Crippen LogP contribution in [0, 0.1) is 11.7 Å². The normalized spacial score (nSPS) is 20.3. The Balaban J connectivity index is 1.31. The fourth-order valence-corrected chi connectivity index (χ4v) is 4.90. The van der Waals surface area contributed by atoms with Gasteiger partial charge in [0.15, 0.2) is 11.5 Å². The molecule has 2 aliphatic rings. The summed E-state index contributed by atoms with van der Waals surface area (Å²) in [4.78, 5) is 1.88. The van der Waals surface area contributed by atoms with Gasteiger partial charge in [0.05, 0.1) is 0 Å². The van der Waals surface area contributed by atoms with E-state index in [0.29, 0.717) is 35.1 Å². The highest BCUT2D eigenvalue weighted by Gasteiger charge is 2.27. The van der Waals surface area contributed by atoms with E-state index in [9.17, 15) is 12.8 Å². The highest BCUT2D eigenvalue weighted by atomic mass is 35.5. The number of benzene rings is 2. The molecule has 2 N–H and O–H groups in total. The molecule has 30 heavy (non-hydrogen) atoms. The Hall–Kier alpha value is -1.87. The molecule has 0 spiro atoms. The van der Waals surface area contributed by atoms with Gasteiger partial charge < -0.3 is 9.47 Å². The summed E-state index contributed by atoms with van der Waals surface area (Å²) in [5.74, 6) is 0.930. The lowest BCUT2D eigenvalue weighted by Crippen LogP contribution is -2.44. The molecule has 1 atom stereocenters. The third-order valence-corrected chi connectivity index (χ3v) is 6.81. The molecule has 2 aromatic carbocycles. The van der Waals surface area contributed by atoms with Crippen molar-refractivity contribution in [2.75, 3.05) is 26.2 Å². The third kappa shape index (κ3) is 4.88. The minimum Gasteiger partial charge on any atom is -0.486 e. The lowest BCUT2D eigenvalue weighted by Gasteiger charge is -2.35. The maximum Gasteiger partial charge on any atom is 0.240 e. The number of sulfonamides is 1. The fraction of sp³-hybridized carbons (Fsp3) is 0.429. The molecule has 4 rings (SSSR count). The van der Waals surface area contributed by atoms with Crippen molar-refractivity contribution in [3.8, 4) is 11.5 Å². The van der Waals surface area contributed by atoms with Gasteiger partial charge in [0, 0.05) is 17.6 Å². The van der Waals surface area contributed by atoms with Gasteiger partial charge in [0.1, 0.15) is 23.4 Å². The molecular formula is C21H24ClFN2O4S. The van der Waals surface area contributed by atoms with E-state index in [1.54, 1.807) is 18.2 Å². The second-order valence-corrected chi connectivity index (χ2v) is 9.83. The van der Waals surface area contributed by atoms with E-state index < -0.39 is 20.7 Å². The number of halogens is 2. The molecule has 0 radical (unpaired) electrons. The molecule has 1 fully saturated rings. The van der Waals surface area contributed by atoms with E-state index >= 15 is 0 Å². The Bertz CT molecular complexity index is 1030. The van der Waals surface area contributed by atoms with Crippen LogP contribution in [-0.4, -0.2) is 45.7 Å². The average Bonchev–Trinajstić information content (AvgIpc) is 2.70. The maximum atomic E-state index is 14.5.